The van der Waals surface area contributed by atoms with Gasteiger partial charge >= 0.3 is 0 Å². The summed E-state index contributed by atoms with van der Waals surface area (Å²) in [5, 5.41) is 2.99. The summed E-state index contributed by atoms with van der Waals surface area (Å²) in [6, 6.07) is 0. The first-order valence-electron chi connectivity index (χ1n) is 5.17. The summed E-state index contributed by atoms with van der Waals surface area (Å²) < 4.78 is 0. The van der Waals surface area contributed by atoms with Crippen LogP contribution in [-0.2, 0) is 6.42 Å². The molecule has 17 heavy (non-hydrogen) atoms. The number of aromatic amines is 1. The van der Waals surface area contributed by atoms with Gasteiger partial charge in [-0.15, -0.1) is 11.3 Å². The summed E-state index contributed by atoms with van der Waals surface area (Å²) in [4.78, 5) is 20.0. The lowest BCUT2D eigenvalue weighted by Crippen LogP contribution is -2.02. The Balaban J connectivity index is 2.01. The van der Waals surface area contributed by atoms with Gasteiger partial charge < -0.3 is 10.7 Å². The summed E-state index contributed by atoms with van der Waals surface area (Å²) in [5.74, 6) is 0.722. The number of aromatic nitrogens is 5. The molecule has 0 radical (unpaired) electrons. The fourth-order valence-electron chi connectivity index (χ4n) is 1.54. The number of H-pyrrole nitrogens is 1. The maximum absolute atomic E-state index is 5.49. The number of nitrogens with zero attached hydrogens (tertiary/aromatic N) is 4. The Labute approximate surface area is 101 Å². The van der Waals surface area contributed by atoms with Crippen LogP contribution in [-0.4, -0.2) is 31.5 Å². The standard InChI is InChI=1S/C10H10N6S/c11-2-1-8-14-7(4-17-8)10-15-6-3-12-5-13-9(6)16-10/h3-5H,1-2,11H2,(H,12,13,15,16). The van der Waals surface area contributed by atoms with E-state index in [1.807, 2.05) is 5.38 Å². The minimum absolute atomic E-state index is 0.610. The topological polar surface area (TPSA) is 93.4 Å². The van der Waals surface area contributed by atoms with Crippen LogP contribution >= 0.6 is 11.3 Å². The van der Waals surface area contributed by atoms with Crippen molar-refractivity contribution in [2.75, 3.05) is 6.54 Å². The van der Waals surface area contributed by atoms with Gasteiger partial charge in [-0.1, -0.05) is 0 Å². The molecule has 7 heteroatoms. The highest BCUT2D eigenvalue weighted by Crippen LogP contribution is 2.21. The van der Waals surface area contributed by atoms with Crippen LogP contribution in [0, 0.1) is 0 Å². The molecule has 0 aliphatic heterocycles. The van der Waals surface area contributed by atoms with Crippen molar-refractivity contribution in [2.24, 2.45) is 5.73 Å². The highest BCUT2D eigenvalue weighted by atomic mass is 32.1. The minimum atomic E-state index is 0.610. The van der Waals surface area contributed by atoms with Crippen LogP contribution in [0.3, 0.4) is 0 Å². The zero-order chi connectivity index (χ0) is 11.7. The van der Waals surface area contributed by atoms with Crippen LogP contribution < -0.4 is 5.73 Å². The number of imidazole rings is 1. The van der Waals surface area contributed by atoms with Crippen LogP contribution in [0.2, 0.25) is 0 Å². The normalized spacial score (nSPS) is 11.1. The third kappa shape index (κ3) is 1.90. The van der Waals surface area contributed by atoms with E-state index < -0.39 is 0 Å². The second-order valence-corrected chi connectivity index (χ2v) is 4.45. The van der Waals surface area contributed by atoms with Crippen molar-refractivity contribution in [3.63, 3.8) is 0 Å². The largest absolute Gasteiger partial charge is 0.334 e. The maximum atomic E-state index is 5.49. The van der Waals surface area contributed by atoms with E-state index in [4.69, 9.17) is 5.73 Å². The Bertz CT molecular complexity index is 610. The molecule has 0 aromatic carbocycles. The molecule has 0 aliphatic carbocycles. The molecule has 0 amide bonds. The highest BCUT2D eigenvalue weighted by molar-refractivity contribution is 7.09. The minimum Gasteiger partial charge on any atom is -0.334 e. The second-order valence-electron chi connectivity index (χ2n) is 3.51. The predicted molar refractivity (Wildman–Crippen MR) is 65.6 cm³/mol. The monoisotopic (exact) mass is 246 g/mol. The molecule has 3 heterocycles. The molecule has 3 N–H and O–H groups in total. The summed E-state index contributed by atoms with van der Waals surface area (Å²) in [6.07, 6.45) is 3.98. The first-order valence-corrected chi connectivity index (χ1v) is 6.05. The van der Waals surface area contributed by atoms with E-state index in [1.54, 1.807) is 17.5 Å². The molecule has 0 unspecified atom stereocenters. The van der Waals surface area contributed by atoms with E-state index in [9.17, 15) is 0 Å². The van der Waals surface area contributed by atoms with Crippen molar-refractivity contribution in [3.8, 4) is 11.5 Å². The molecule has 0 atom stereocenters. The van der Waals surface area contributed by atoms with Crippen LogP contribution in [0.15, 0.2) is 17.9 Å². The fraction of sp³-hybridized carbons (Fsp3) is 0.200. The number of thiazole rings is 1. The molecule has 0 spiro atoms. The first kappa shape index (κ1) is 10.3. The van der Waals surface area contributed by atoms with Crippen LogP contribution in [0.1, 0.15) is 5.01 Å². The van der Waals surface area contributed by atoms with Crippen LogP contribution in [0.4, 0.5) is 0 Å². The third-order valence-corrected chi connectivity index (χ3v) is 3.22. The van der Waals surface area contributed by atoms with Gasteiger partial charge in [-0.05, 0) is 6.54 Å². The molecule has 0 aliphatic rings. The molecule has 6 nitrogen and oxygen atoms in total. The van der Waals surface area contributed by atoms with Gasteiger partial charge in [0, 0.05) is 11.8 Å². The molecule has 3 rings (SSSR count). The fourth-order valence-corrected chi connectivity index (χ4v) is 2.34. The molecular weight excluding hydrogens is 236 g/mol. The second kappa shape index (κ2) is 4.19. The Morgan fingerprint density at radius 1 is 1.35 bits per heavy atom. The molecule has 3 aromatic rings. The molecule has 86 valence electrons. The van der Waals surface area contributed by atoms with Crippen LogP contribution in [0.5, 0.6) is 0 Å². The van der Waals surface area contributed by atoms with E-state index in [2.05, 4.69) is 24.9 Å². The van der Waals surface area contributed by atoms with E-state index in [0.717, 1.165) is 28.5 Å². The zero-order valence-corrected chi connectivity index (χ0v) is 9.74. The average Bonchev–Trinajstić information content (AvgIpc) is 2.94. The molecule has 0 saturated carbocycles. The van der Waals surface area contributed by atoms with Gasteiger partial charge in [0.1, 0.15) is 17.5 Å². The SMILES string of the molecule is NCCc1nc(-c2nc3ncncc3[nH]2)cs1. The number of hydrogen-bond donors (Lipinski definition) is 2. The van der Waals surface area contributed by atoms with E-state index in [-0.39, 0.29) is 0 Å². The highest BCUT2D eigenvalue weighted by Gasteiger charge is 2.09. The Morgan fingerprint density at radius 3 is 3.12 bits per heavy atom. The zero-order valence-electron chi connectivity index (χ0n) is 8.92. The first-order chi connectivity index (χ1) is 8.36. The third-order valence-electron chi connectivity index (χ3n) is 2.31. The quantitative estimate of drug-likeness (QED) is 0.718. The summed E-state index contributed by atoms with van der Waals surface area (Å²) in [5.41, 5.74) is 7.80. The Hall–Kier alpha value is -1.86. The number of fused-ring (bicyclic) bond motifs is 1. The Morgan fingerprint density at radius 2 is 2.29 bits per heavy atom. The van der Waals surface area contributed by atoms with E-state index >= 15 is 0 Å². The lowest BCUT2D eigenvalue weighted by atomic mass is 10.4. The molecule has 3 aromatic heterocycles. The smallest absolute Gasteiger partial charge is 0.181 e. The summed E-state index contributed by atoms with van der Waals surface area (Å²) in [7, 11) is 0. The van der Waals surface area contributed by atoms with Crippen molar-refractivity contribution < 1.29 is 0 Å². The molecule has 0 fully saturated rings. The van der Waals surface area contributed by atoms with Gasteiger partial charge in [0.05, 0.1) is 11.2 Å². The van der Waals surface area contributed by atoms with Gasteiger partial charge in [-0.3, -0.25) is 0 Å². The number of nitrogens with one attached hydrogen (secondary N) is 1. The molecule has 0 saturated heterocycles. The van der Waals surface area contributed by atoms with Crippen molar-refractivity contribution in [1.82, 2.24) is 24.9 Å². The summed E-state index contributed by atoms with van der Waals surface area (Å²) in [6.45, 7) is 0.610. The molecule has 0 bridgehead atoms. The van der Waals surface area contributed by atoms with Crippen LogP contribution in [0.25, 0.3) is 22.7 Å². The van der Waals surface area contributed by atoms with Gasteiger partial charge in [-0.2, -0.15) is 0 Å². The van der Waals surface area contributed by atoms with Crippen molar-refractivity contribution >= 4 is 22.5 Å². The van der Waals surface area contributed by atoms with Gasteiger partial charge in [0.2, 0.25) is 0 Å². The lowest BCUT2D eigenvalue weighted by Gasteiger charge is -1.89. The lowest BCUT2D eigenvalue weighted by molar-refractivity contribution is 0.953. The number of rotatable bonds is 3. The van der Waals surface area contributed by atoms with Crippen molar-refractivity contribution in [3.05, 3.63) is 22.9 Å². The summed E-state index contributed by atoms with van der Waals surface area (Å²) >= 11 is 1.59. The van der Waals surface area contributed by atoms with Gasteiger partial charge in [-0.25, -0.2) is 19.9 Å². The Kier molecular flexibility index (Phi) is 2.54. The molecular formula is C10H10N6S. The number of nitrogens with two attached hydrogens (primary N) is 1. The van der Waals surface area contributed by atoms with Gasteiger partial charge in [0.15, 0.2) is 11.5 Å². The average molecular weight is 246 g/mol. The number of hydrogen-bond acceptors (Lipinski definition) is 6. The van der Waals surface area contributed by atoms with Crippen molar-refractivity contribution in [2.45, 2.75) is 6.42 Å². The maximum Gasteiger partial charge on any atom is 0.181 e. The van der Waals surface area contributed by atoms with Crippen molar-refractivity contribution in [1.29, 1.82) is 0 Å². The van der Waals surface area contributed by atoms with Gasteiger partial charge in [0.25, 0.3) is 0 Å². The predicted octanol–water partition coefficient (Wildman–Crippen LogP) is 0.978. The van der Waals surface area contributed by atoms with E-state index in [0.29, 0.717) is 12.2 Å². The van der Waals surface area contributed by atoms with E-state index in [1.165, 1.54) is 6.33 Å².